The van der Waals surface area contributed by atoms with E-state index < -0.39 is 0 Å². The lowest BCUT2D eigenvalue weighted by molar-refractivity contribution is 0.156. The van der Waals surface area contributed by atoms with Crippen LogP contribution in [-0.2, 0) is 0 Å². The molecule has 2 rings (SSSR count). The van der Waals surface area contributed by atoms with Crippen LogP contribution in [0.2, 0.25) is 0 Å². The Kier molecular flexibility index (Phi) is 6.07. The Morgan fingerprint density at radius 1 is 1.41 bits per heavy atom. The Morgan fingerprint density at radius 3 is 2.77 bits per heavy atom. The number of ether oxygens (including phenoxy) is 1. The molecule has 122 valence electrons. The van der Waals surface area contributed by atoms with Crippen LogP contribution in [-0.4, -0.2) is 48.4 Å². The summed E-state index contributed by atoms with van der Waals surface area (Å²) >= 11 is 0. The number of urea groups is 1. The molecule has 0 aliphatic carbocycles. The van der Waals surface area contributed by atoms with Gasteiger partial charge in [-0.05, 0) is 36.5 Å². The minimum atomic E-state index is -0.115. The van der Waals surface area contributed by atoms with E-state index in [1.807, 2.05) is 12.1 Å². The van der Waals surface area contributed by atoms with Gasteiger partial charge in [-0.1, -0.05) is 26.0 Å². The first-order chi connectivity index (χ1) is 10.6. The van der Waals surface area contributed by atoms with E-state index in [4.69, 9.17) is 4.74 Å². The van der Waals surface area contributed by atoms with Crippen molar-refractivity contribution in [3.63, 3.8) is 0 Å². The lowest BCUT2D eigenvalue weighted by Crippen LogP contribution is -2.45. The smallest absolute Gasteiger partial charge is 0.317 e. The van der Waals surface area contributed by atoms with Crippen LogP contribution in [0.4, 0.5) is 4.79 Å². The highest BCUT2D eigenvalue weighted by Crippen LogP contribution is 2.18. The summed E-state index contributed by atoms with van der Waals surface area (Å²) in [5.74, 6) is 1.32. The van der Waals surface area contributed by atoms with Crippen molar-refractivity contribution in [3.8, 4) is 5.75 Å². The normalized spacial score (nSPS) is 17.8. The van der Waals surface area contributed by atoms with E-state index in [0.717, 1.165) is 18.6 Å². The predicted octanol–water partition coefficient (Wildman–Crippen LogP) is 2.36. The molecular weight excluding hydrogens is 280 g/mol. The van der Waals surface area contributed by atoms with Gasteiger partial charge in [-0.25, -0.2) is 4.79 Å². The number of hydrogen-bond acceptors (Lipinski definition) is 3. The van der Waals surface area contributed by atoms with Crippen LogP contribution in [0.5, 0.6) is 5.75 Å². The average molecular weight is 306 g/mol. The summed E-state index contributed by atoms with van der Waals surface area (Å²) < 4.78 is 5.62. The number of aliphatic hydroxyl groups excluding tert-OH is 1. The van der Waals surface area contributed by atoms with Crippen molar-refractivity contribution < 1.29 is 14.6 Å². The molecule has 1 fully saturated rings. The zero-order valence-corrected chi connectivity index (χ0v) is 13.4. The zero-order valence-electron chi connectivity index (χ0n) is 13.4. The molecule has 5 heteroatoms. The molecule has 1 unspecified atom stereocenters. The number of nitrogens with zero attached hydrogens (tertiary/aromatic N) is 1. The lowest BCUT2D eigenvalue weighted by Gasteiger charge is -2.23. The Morgan fingerprint density at radius 2 is 2.14 bits per heavy atom. The summed E-state index contributed by atoms with van der Waals surface area (Å²) in [5, 5.41) is 12.1. The quantitative estimate of drug-likeness (QED) is 0.793. The highest BCUT2D eigenvalue weighted by Gasteiger charge is 2.27. The molecule has 1 atom stereocenters. The third-order valence-corrected chi connectivity index (χ3v) is 4.04. The lowest BCUT2D eigenvalue weighted by atomic mass is 10.0. The number of benzene rings is 1. The first-order valence-corrected chi connectivity index (χ1v) is 8.00. The number of aliphatic hydroxyl groups is 1. The second-order valence-corrected chi connectivity index (χ2v) is 5.98. The number of rotatable bonds is 6. The molecule has 0 saturated carbocycles. The minimum Gasteiger partial charge on any atom is -0.492 e. The maximum atomic E-state index is 12.0. The monoisotopic (exact) mass is 306 g/mol. The van der Waals surface area contributed by atoms with E-state index in [0.29, 0.717) is 25.6 Å². The van der Waals surface area contributed by atoms with Crippen molar-refractivity contribution in [2.75, 3.05) is 26.3 Å². The fourth-order valence-electron chi connectivity index (χ4n) is 2.67. The molecule has 1 aliphatic heterocycles. The van der Waals surface area contributed by atoms with E-state index in [1.165, 1.54) is 5.56 Å². The number of nitrogens with one attached hydrogen (secondary N) is 1. The van der Waals surface area contributed by atoms with Crippen LogP contribution in [0.25, 0.3) is 0 Å². The second-order valence-electron chi connectivity index (χ2n) is 5.98. The molecule has 2 N–H and O–H groups in total. The van der Waals surface area contributed by atoms with Crippen molar-refractivity contribution >= 4 is 6.03 Å². The molecule has 1 saturated heterocycles. The molecule has 0 radical (unpaired) electrons. The maximum Gasteiger partial charge on any atom is 0.317 e. The van der Waals surface area contributed by atoms with Gasteiger partial charge in [-0.3, -0.25) is 0 Å². The van der Waals surface area contributed by atoms with E-state index in [-0.39, 0.29) is 18.7 Å². The molecule has 0 bridgehead atoms. The number of hydrogen-bond donors (Lipinski definition) is 2. The fraction of sp³-hybridized carbons (Fsp3) is 0.588. The van der Waals surface area contributed by atoms with Crippen molar-refractivity contribution in [1.82, 2.24) is 10.2 Å². The molecule has 1 heterocycles. The molecule has 0 aromatic heterocycles. The SMILES string of the molecule is CC(C)c1ccc(OCCNC(=O)N2CCCC2CO)cc1. The number of carbonyl (C=O) groups excluding carboxylic acids is 1. The predicted molar refractivity (Wildman–Crippen MR) is 86.2 cm³/mol. The summed E-state index contributed by atoms with van der Waals surface area (Å²) in [4.78, 5) is 13.7. The van der Waals surface area contributed by atoms with Crippen molar-refractivity contribution in [3.05, 3.63) is 29.8 Å². The summed E-state index contributed by atoms with van der Waals surface area (Å²) in [6.07, 6.45) is 1.83. The van der Waals surface area contributed by atoms with Crippen LogP contribution in [0, 0.1) is 0 Å². The molecular formula is C17H26N2O3. The van der Waals surface area contributed by atoms with E-state index in [9.17, 15) is 9.90 Å². The molecule has 1 aromatic carbocycles. The highest BCUT2D eigenvalue weighted by molar-refractivity contribution is 5.74. The Labute approximate surface area is 132 Å². The van der Waals surface area contributed by atoms with Crippen LogP contribution >= 0.6 is 0 Å². The summed E-state index contributed by atoms with van der Waals surface area (Å²) in [7, 11) is 0. The molecule has 1 aliphatic rings. The fourth-order valence-corrected chi connectivity index (χ4v) is 2.67. The maximum absolute atomic E-state index is 12.0. The van der Waals surface area contributed by atoms with Gasteiger partial charge in [0.1, 0.15) is 12.4 Å². The topological polar surface area (TPSA) is 61.8 Å². The standard InChI is InChI=1S/C17H26N2O3/c1-13(2)14-5-7-16(8-6-14)22-11-9-18-17(21)19-10-3-4-15(19)12-20/h5-8,13,15,20H,3-4,9-12H2,1-2H3,(H,18,21). The van der Waals surface area contributed by atoms with Crippen LogP contribution < -0.4 is 10.1 Å². The van der Waals surface area contributed by atoms with Gasteiger partial charge >= 0.3 is 6.03 Å². The number of carbonyl (C=O) groups is 1. The Balaban J connectivity index is 1.69. The second kappa shape index (κ2) is 8.03. The number of amides is 2. The van der Waals surface area contributed by atoms with E-state index >= 15 is 0 Å². The van der Waals surface area contributed by atoms with Gasteiger partial charge in [-0.2, -0.15) is 0 Å². The van der Waals surface area contributed by atoms with Crippen LogP contribution in [0.3, 0.4) is 0 Å². The van der Waals surface area contributed by atoms with Gasteiger partial charge in [0.05, 0.1) is 19.2 Å². The van der Waals surface area contributed by atoms with Crippen molar-refractivity contribution in [1.29, 1.82) is 0 Å². The molecule has 1 aromatic rings. The summed E-state index contributed by atoms with van der Waals surface area (Å²) in [5.41, 5.74) is 1.28. The Hall–Kier alpha value is -1.75. The minimum absolute atomic E-state index is 0.0338. The van der Waals surface area contributed by atoms with Gasteiger partial charge < -0.3 is 20.1 Å². The average Bonchev–Trinajstić information content (AvgIpc) is 3.00. The Bertz CT molecular complexity index is 473. The number of likely N-dealkylation sites (tertiary alicyclic amines) is 1. The first kappa shape index (κ1) is 16.6. The van der Waals surface area contributed by atoms with Crippen molar-refractivity contribution in [2.45, 2.75) is 38.6 Å². The third-order valence-electron chi connectivity index (χ3n) is 4.04. The third kappa shape index (κ3) is 4.37. The van der Waals surface area contributed by atoms with Gasteiger partial charge in [0.2, 0.25) is 0 Å². The summed E-state index contributed by atoms with van der Waals surface area (Å²) in [6, 6.07) is 7.89. The summed E-state index contributed by atoms with van der Waals surface area (Å²) in [6.45, 7) is 5.96. The van der Waals surface area contributed by atoms with Crippen LogP contribution in [0.15, 0.2) is 24.3 Å². The first-order valence-electron chi connectivity index (χ1n) is 8.00. The van der Waals surface area contributed by atoms with Gasteiger partial charge in [0.15, 0.2) is 0 Å². The molecule has 22 heavy (non-hydrogen) atoms. The molecule has 5 nitrogen and oxygen atoms in total. The highest BCUT2D eigenvalue weighted by atomic mass is 16.5. The van der Waals surface area contributed by atoms with E-state index in [1.54, 1.807) is 4.90 Å². The van der Waals surface area contributed by atoms with Crippen molar-refractivity contribution in [2.24, 2.45) is 0 Å². The molecule has 0 spiro atoms. The van der Waals surface area contributed by atoms with Gasteiger partial charge in [0.25, 0.3) is 0 Å². The van der Waals surface area contributed by atoms with Gasteiger partial charge in [-0.15, -0.1) is 0 Å². The van der Waals surface area contributed by atoms with Crippen LogP contribution in [0.1, 0.15) is 38.2 Å². The van der Waals surface area contributed by atoms with Gasteiger partial charge in [0, 0.05) is 6.54 Å². The zero-order chi connectivity index (χ0) is 15.9. The largest absolute Gasteiger partial charge is 0.492 e. The van der Waals surface area contributed by atoms with E-state index in [2.05, 4.69) is 31.3 Å². The molecule has 2 amide bonds.